The summed E-state index contributed by atoms with van der Waals surface area (Å²) in [7, 11) is 0. The summed E-state index contributed by atoms with van der Waals surface area (Å²) in [5, 5.41) is 2.90. The molecule has 1 amide bonds. The van der Waals surface area contributed by atoms with Crippen LogP contribution in [0, 0.1) is 0 Å². The molecule has 1 fully saturated rings. The fourth-order valence-electron chi connectivity index (χ4n) is 3.40. The zero-order valence-electron chi connectivity index (χ0n) is 15.2. The molecule has 0 radical (unpaired) electrons. The van der Waals surface area contributed by atoms with E-state index in [-0.39, 0.29) is 17.0 Å². The minimum absolute atomic E-state index is 0.208. The molecule has 2 heterocycles. The fraction of sp³-hybridized carbons (Fsp3) is 0.429. The molecule has 0 unspecified atom stereocenters. The van der Waals surface area contributed by atoms with Gasteiger partial charge in [-0.1, -0.05) is 43.2 Å². The minimum Gasteiger partial charge on any atom is -0.351 e. The number of likely N-dealkylation sites (tertiary alicyclic amines) is 1. The second kappa shape index (κ2) is 9.34. The topological polar surface area (TPSA) is 54.3 Å². The monoisotopic (exact) mass is 353 g/mol. The molecule has 0 spiro atoms. The molecular weight excluding hydrogens is 326 g/mol. The predicted octanol–water partition coefficient (Wildman–Crippen LogP) is 2.50. The third-order valence-corrected chi connectivity index (χ3v) is 4.87. The third-order valence-electron chi connectivity index (χ3n) is 4.87. The maximum absolute atomic E-state index is 12.6. The number of nitrogens with one attached hydrogen (secondary N) is 1. The number of carbonyl (C=O) groups is 1. The molecular formula is C21H27N3O2. The first-order valence-electron chi connectivity index (χ1n) is 9.48. The highest BCUT2D eigenvalue weighted by Crippen LogP contribution is 2.08. The van der Waals surface area contributed by atoms with Gasteiger partial charge in [0.15, 0.2) is 0 Å². The van der Waals surface area contributed by atoms with Crippen molar-refractivity contribution in [3.05, 3.63) is 70.1 Å². The Morgan fingerprint density at radius 3 is 2.42 bits per heavy atom. The average Bonchev–Trinajstić information content (AvgIpc) is 2.93. The van der Waals surface area contributed by atoms with E-state index in [0.717, 1.165) is 25.2 Å². The summed E-state index contributed by atoms with van der Waals surface area (Å²) in [6, 6.07) is 13.1. The quantitative estimate of drug-likeness (QED) is 0.868. The summed E-state index contributed by atoms with van der Waals surface area (Å²) in [6.07, 6.45) is 6.79. The Morgan fingerprint density at radius 1 is 0.962 bits per heavy atom. The number of aromatic nitrogens is 1. The molecule has 0 atom stereocenters. The molecule has 1 aliphatic rings. The van der Waals surface area contributed by atoms with E-state index in [1.54, 1.807) is 22.9 Å². The zero-order valence-corrected chi connectivity index (χ0v) is 15.2. The van der Waals surface area contributed by atoms with E-state index in [2.05, 4.69) is 10.2 Å². The summed E-state index contributed by atoms with van der Waals surface area (Å²) in [5.41, 5.74) is 0.997. The van der Waals surface area contributed by atoms with E-state index in [1.807, 2.05) is 30.3 Å². The molecule has 3 rings (SSSR count). The lowest BCUT2D eigenvalue weighted by Crippen LogP contribution is -2.38. The summed E-state index contributed by atoms with van der Waals surface area (Å²) < 4.78 is 1.58. The Morgan fingerprint density at radius 2 is 1.69 bits per heavy atom. The maximum atomic E-state index is 12.6. The summed E-state index contributed by atoms with van der Waals surface area (Å²) in [6.45, 7) is 4.09. The molecule has 1 saturated heterocycles. The van der Waals surface area contributed by atoms with E-state index < -0.39 is 0 Å². The van der Waals surface area contributed by atoms with Crippen LogP contribution in [0.25, 0.3) is 0 Å². The van der Waals surface area contributed by atoms with Crippen molar-refractivity contribution in [3.63, 3.8) is 0 Å². The van der Waals surface area contributed by atoms with E-state index in [9.17, 15) is 9.59 Å². The van der Waals surface area contributed by atoms with Gasteiger partial charge in [-0.15, -0.1) is 0 Å². The van der Waals surface area contributed by atoms with Gasteiger partial charge in [0, 0.05) is 19.3 Å². The largest absolute Gasteiger partial charge is 0.351 e. The van der Waals surface area contributed by atoms with E-state index in [4.69, 9.17) is 0 Å². The first-order chi connectivity index (χ1) is 12.7. The lowest BCUT2D eigenvalue weighted by molar-refractivity contribution is 0.0946. The number of amides is 1. The molecule has 2 aromatic rings. The lowest BCUT2D eigenvalue weighted by Gasteiger charge is -2.19. The van der Waals surface area contributed by atoms with Crippen molar-refractivity contribution in [2.24, 2.45) is 0 Å². The Bertz CT molecular complexity index is 762. The number of rotatable bonds is 6. The van der Waals surface area contributed by atoms with Crippen LogP contribution in [-0.4, -0.2) is 41.6 Å². The summed E-state index contributed by atoms with van der Waals surface area (Å²) >= 11 is 0. The first-order valence-corrected chi connectivity index (χ1v) is 9.48. The molecule has 1 aromatic heterocycles. The van der Waals surface area contributed by atoms with Crippen LogP contribution in [0.15, 0.2) is 53.5 Å². The van der Waals surface area contributed by atoms with Gasteiger partial charge in [0.2, 0.25) is 0 Å². The molecule has 138 valence electrons. The molecule has 1 aromatic carbocycles. The van der Waals surface area contributed by atoms with Crippen LogP contribution in [-0.2, 0) is 6.54 Å². The predicted molar refractivity (Wildman–Crippen MR) is 103 cm³/mol. The molecule has 26 heavy (non-hydrogen) atoms. The van der Waals surface area contributed by atoms with Crippen molar-refractivity contribution in [1.82, 2.24) is 14.8 Å². The number of hydrogen-bond donors (Lipinski definition) is 1. The van der Waals surface area contributed by atoms with Crippen molar-refractivity contribution in [3.8, 4) is 0 Å². The molecule has 0 saturated carbocycles. The van der Waals surface area contributed by atoms with Gasteiger partial charge in [0.1, 0.15) is 5.56 Å². The zero-order chi connectivity index (χ0) is 18.2. The second-order valence-corrected chi connectivity index (χ2v) is 6.85. The van der Waals surface area contributed by atoms with E-state index in [1.165, 1.54) is 25.7 Å². The van der Waals surface area contributed by atoms with Gasteiger partial charge in [-0.25, -0.2) is 0 Å². The number of nitrogens with zero attached hydrogens (tertiary/aromatic N) is 2. The highest BCUT2D eigenvalue weighted by atomic mass is 16.2. The SMILES string of the molecule is O=C(NCCN1CCCCCC1)c1cccn(Cc2ccccc2)c1=O. The molecule has 1 aliphatic heterocycles. The first kappa shape index (κ1) is 18.4. The van der Waals surface area contributed by atoms with Crippen molar-refractivity contribution < 1.29 is 4.79 Å². The number of hydrogen-bond acceptors (Lipinski definition) is 3. The van der Waals surface area contributed by atoms with Crippen LogP contribution in [0.2, 0.25) is 0 Å². The molecule has 0 bridgehead atoms. The summed E-state index contributed by atoms with van der Waals surface area (Å²) in [5.74, 6) is -0.285. The molecule has 1 N–H and O–H groups in total. The molecule has 0 aliphatic carbocycles. The number of benzene rings is 1. The van der Waals surface area contributed by atoms with Crippen LogP contribution in [0.3, 0.4) is 0 Å². The van der Waals surface area contributed by atoms with E-state index >= 15 is 0 Å². The standard InChI is InChI=1S/C21H27N3O2/c25-20(22-12-16-23-13-6-1-2-7-14-23)19-11-8-15-24(21(19)26)17-18-9-4-3-5-10-18/h3-5,8-11,15H,1-2,6-7,12-14,16-17H2,(H,22,25). The van der Waals surface area contributed by atoms with Gasteiger partial charge >= 0.3 is 0 Å². The highest BCUT2D eigenvalue weighted by Gasteiger charge is 2.13. The van der Waals surface area contributed by atoms with Crippen LogP contribution in [0.4, 0.5) is 0 Å². The van der Waals surface area contributed by atoms with Gasteiger partial charge < -0.3 is 14.8 Å². The van der Waals surface area contributed by atoms with Crippen LogP contribution >= 0.6 is 0 Å². The van der Waals surface area contributed by atoms with Crippen molar-refractivity contribution in [2.75, 3.05) is 26.2 Å². The van der Waals surface area contributed by atoms with Gasteiger partial charge in [0.25, 0.3) is 11.5 Å². The van der Waals surface area contributed by atoms with Crippen LogP contribution in [0.1, 0.15) is 41.6 Å². The molecule has 5 nitrogen and oxygen atoms in total. The Labute approximate surface area is 154 Å². The Kier molecular flexibility index (Phi) is 6.61. The fourth-order valence-corrected chi connectivity index (χ4v) is 3.40. The smallest absolute Gasteiger partial charge is 0.263 e. The highest BCUT2D eigenvalue weighted by molar-refractivity contribution is 5.93. The minimum atomic E-state index is -0.285. The summed E-state index contributed by atoms with van der Waals surface area (Å²) in [4.78, 5) is 27.4. The lowest BCUT2D eigenvalue weighted by atomic mass is 10.2. The van der Waals surface area contributed by atoms with Gasteiger partial charge in [0.05, 0.1) is 6.54 Å². The Balaban J connectivity index is 1.58. The van der Waals surface area contributed by atoms with Crippen LogP contribution < -0.4 is 10.9 Å². The van der Waals surface area contributed by atoms with Crippen molar-refractivity contribution >= 4 is 5.91 Å². The van der Waals surface area contributed by atoms with Gasteiger partial charge in [-0.2, -0.15) is 0 Å². The number of carbonyl (C=O) groups excluding carboxylic acids is 1. The van der Waals surface area contributed by atoms with E-state index in [0.29, 0.717) is 13.1 Å². The number of pyridine rings is 1. The second-order valence-electron chi connectivity index (χ2n) is 6.85. The van der Waals surface area contributed by atoms with Crippen molar-refractivity contribution in [1.29, 1.82) is 0 Å². The molecule has 5 heteroatoms. The van der Waals surface area contributed by atoms with Gasteiger partial charge in [-0.3, -0.25) is 9.59 Å². The normalized spacial score (nSPS) is 15.4. The Hall–Kier alpha value is -2.40. The van der Waals surface area contributed by atoms with Crippen LogP contribution in [0.5, 0.6) is 0 Å². The average molecular weight is 353 g/mol. The third kappa shape index (κ3) is 5.05. The van der Waals surface area contributed by atoms with Gasteiger partial charge in [-0.05, 0) is 43.6 Å². The van der Waals surface area contributed by atoms with Crippen molar-refractivity contribution in [2.45, 2.75) is 32.2 Å². The maximum Gasteiger partial charge on any atom is 0.263 e.